The minimum atomic E-state index is -1.39. The summed E-state index contributed by atoms with van der Waals surface area (Å²) in [5.74, 6) is 0. The number of para-hydroxylation sites is 1. The van der Waals surface area contributed by atoms with Crippen molar-refractivity contribution in [2.75, 3.05) is 0 Å². The lowest BCUT2D eigenvalue weighted by Crippen LogP contribution is -2.45. The molecule has 0 radical (unpaired) electrons. The number of benzene rings is 5. The molecule has 0 aliphatic rings. The third-order valence-electron chi connectivity index (χ3n) is 9.27. The number of aromatic nitrogens is 1. The Balaban J connectivity index is 1.37. The zero-order valence-electron chi connectivity index (χ0n) is 23.4. The van der Waals surface area contributed by atoms with E-state index in [1.54, 1.807) is 5.19 Å². The van der Waals surface area contributed by atoms with Crippen molar-refractivity contribution >= 4 is 56.7 Å². The molecule has 5 aromatic carbocycles. The van der Waals surface area contributed by atoms with Crippen molar-refractivity contribution < 1.29 is 4.42 Å². The Morgan fingerprint density at radius 2 is 1.30 bits per heavy atom. The van der Waals surface area contributed by atoms with E-state index in [1.165, 1.54) is 50.8 Å². The lowest BCUT2D eigenvalue weighted by Gasteiger charge is -2.28. The SMILES string of the molecule is CC[Si](CC)(CC)c1ccc(-c2ccnc(-c3cccc4c3oc3c4ccc4ccc5ccccc5c43)c2)cc1. The Hall–Kier alpha value is -4.21. The minimum absolute atomic E-state index is 0.891. The molecule has 0 aliphatic carbocycles. The molecule has 0 unspecified atom stereocenters. The van der Waals surface area contributed by atoms with Crippen molar-refractivity contribution in [3.8, 4) is 22.4 Å². The van der Waals surface area contributed by atoms with Crippen molar-refractivity contribution in [3.63, 3.8) is 0 Å². The van der Waals surface area contributed by atoms with Crippen LogP contribution in [0.25, 0.3) is 65.9 Å². The predicted molar refractivity (Wildman–Crippen MR) is 174 cm³/mol. The van der Waals surface area contributed by atoms with Crippen LogP contribution in [0.2, 0.25) is 18.1 Å². The van der Waals surface area contributed by atoms with Gasteiger partial charge >= 0.3 is 0 Å². The Morgan fingerprint density at radius 1 is 0.600 bits per heavy atom. The second-order valence-corrected chi connectivity index (χ2v) is 16.2. The van der Waals surface area contributed by atoms with Gasteiger partial charge in [0, 0.05) is 27.9 Å². The minimum Gasteiger partial charge on any atom is -0.455 e. The summed E-state index contributed by atoms with van der Waals surface area (Å²) >= 11 is 0. The highest BCUT2D eigenvalue weighted by Crippen LogP contribution is 2.40. The number of fused-ring (bicyclic) bond motifs is 7. The third-order valence-corrected chi connectivity index (χ3v) is 14.9. The summed E-state index contributed by atoms with van der Waals surface area (Å²) in [6.07, 6.45) is 1.92. The van der Waals surface area contributed by atoms with Crippen molar-refractivity contribution in [1.82, 2.24) is 4.98 Å². The third kappa shape index (κ3) is 3.80. The van der Waals surface area contributed by atoms with Crippen molar-refractivity contribution in [1.29, 1.82) is 0 Å². The van der Waals surface area contributed by atoms with Crippen molar-refractivity contribution in [2.45, 2.75) is 38.9 Å². The molecule has 2 aromatic heterocycles. The Kier molecular flexibility index (Phi) is 6.05. The average Bonchev–Trinajstić information content (AvgIpc) is 3.41. The molecular formula is C37H33NOSi. The molecule has 0 amide bonds. The van der Waals surface area contributed by atoms with Crippen molar-refractivity contribution in [2.24, 2.45) is 0 Å². The first-order valence-corrected chi connectivity index (χ1v) is 17.1. The molecule has 0 atom stereocenters. The molecule has 0 fully saturated rings. The zero-order valence-corrected chi connectivity index (χ0v) is 24.4. The summed E-state index contributed by atoms with van der Waals surface area (Å²) in [6.45, 7) is 7.10. The topological polar surface area (TPSA) is 26.0 Å². The van der Waals surface area contributed by atoms with E-state index in [-0.39, 0.29) is 0 Å². The Morgan fingerprint density at radius 3 is 2.10 bits per heavy atom. The fraction of sp³-hybridized carbons (Fsp3) is 0.162. The fourth-order valence-electron chi connectivity index (χ4n) is 6.68. The first kappa shape index (κ1) is 24.8. The summed E-state index contributed by atoms with van der Waals surface area (Å²) in [7, 11) is -1.39. The largest absolute Gasteiger partial charge is 0.455 e. The van der Waals surface area contributed by atoms with Crippen LogP contribution in [0.1, 0.15) is 20.8 Å². The maximum atomic E-state index is 6.76. The fourth-order valence-corrected chi connectivity index (χ4v) is 10.3. The highest BCUT2D eigenvalue weighted by Gasteiger charge is 2.28. The van der Waals surface area contributed by atoms with E-state index in [0.29, 0.717) is 0 Å². The van der Waals surface area contributed by atoms with Gasteiger partial charge in [0.1, 0.15) is 11.2 Å². The number of hydrogen-bond acceptors (Lipinski definition) is 2. The maximum absolute atomic E-state index is 6.76. The molecule has 7 rings (SSSR count). The smallest absolute Gasteiger partial charge is 0.144 e. The molecule has 196 valence electrons. The first-order valence-electron chi connectivity index (χ1n) is 14.5. The normalized spacial score (nSPS) is 12.2. The standard InChI is InChI=1S/C37H33NOSi/c1-4-40(5-2,6-3)29-19-16-25(17-20-29)28-22-23-38-34(24-28)33-13-9-12-31-32-21-18-27-15-14-26-10-7-8-11-30(26)35(27)37(32)39-36(31)33/h7-24H,4-6H2,1-3H3. The molecular weight excluding hydrogens is 502 g/mol. The molecule has 2 heterocycles. The van der Waals surface area contributed by atoms with E-state index >= 15 is 0 Å². The summed E-state index contributed by atoms with van der Waals surface area (Å²) in [5, 5.41) is 8.64. The van der Waals surface area contributed by atoms with Crippen LogP contribution >= 0.6 is 0 Å². The summed E-state index contributed by atoms with van der Waals surface area (Å²) in [4.78, 5) is 4.81. The van der Waals surface area contributed by atoms with Crippen LogP contribution < -0.4 is 5.19 Å². The van der Waals surface area contributed by atoms with Gasteiger partial charge in [0.05, 0.1) is 13.8 Å². The zero-order chi connectivity index (χ0) is 27.3. The molecule has 0 N–H and O–H groups in total. The number of pyridine rings is 1. The van der Waals surface area contributed by atoms with E-state index in [4.69, 9.17) is 9.40 Å². The van der Waals surface area contributed by atoms with Gasteiger partial charge in [-0.3, -0.25) is 4.98 Å². The number of hydrogen-bond donors (Lipinski definition) is 0. The highest BCUT2D eigenvalue weighted by atomic mass is 28.3. The molecule has 0 aliphatic heterocycles. The second kappa shape index (κ2) is 9.76. The Bertz CT molecular complexity index is 2010. The lowest BCUT2D eigenvalue weighted by molar-refractivity contribution is 0.674. The van der Waals surface area contributed by atoms with Crippen molar-refractivity contribution in [3.05, 3.63) is 109 Å². The van der Waals surface area contributed by atoms with Crippen LogP contribution in [-0.4, -0.2) is 13.1 Å². The highest BCUT2D eigenvalue weighted by molar-refractivity contribution is 6.91. The molecule has 40 heavy (non-hydrogen) atoms. The molecule has 7 aromatic rings. The van der Waals surface area contributed by atoms with Crippen LogP contribution in [0.15, 0.2) is 114 Å². The van der Waals surface area contributed by atoms with E-state index in [1.807, 2.05) is 6.20 Å². The van der Waals surface area contributed by atoms with Gasteiger partial charge in [-0.25, -0.2) is 0 Å². The molecule has 2 nitrogen and oxygen atoms in total. The van der Waals surface area contributed by atoms with Crippen LogP contribution in [0.3, 0.4) is 0 Å². The van der Waals surface area contributed by atoms with E-state index in [9.17, 15) is 0 Å². The van der Waals surface area contributed by atoms with Gasteiger partial charge in [0.15, 0.2) is 0 Å². The molecule has 0 spiro atoms. The van der Waals surface area contributed by atoms with Crippen LogP contribution in [0, 0.1) is 0 Å². The first-order chi connectivity index (χ1) is 19.7. The van der Waals surface area contributed by atoms with Gasteiger partial charge in [0.25, 0.3) is 0 Å². The summed E-state index contributed by atoms with van der Waals surface area (Å²) < 4.78 is 6.76. The average molecular weight is 536 g/mol. The number of nitrogens with zero attached hydrogens (tertiary/aromatic N) is 1. The quantitative estimate of drug-likeness (QED) is 0.156. The Labute approximate surface area is 236 Å². The molecule has 0 bridgehead atoms. The van der Waals surface area contributed by atoms with Gasteiger partial charge in [-0.1, -0.05) is 123 Å². The van der Waals surface area contributed by atoms with Crippen LogP contribution in [0.4, 0.5) is 0 Å². The summed E-state index contributed by atoms with van der Waals surface area (Å²) in [6, 6.07) is 41.3. The molecule has 3 heteroatoms. The lowest BCUT2D eigenvalue weighted by atomic mass is 9.99. The van der Waals surface area contributed by atoms with Gasteiger partial charge < -0.3 is 4.42 Å². The number of rotatable bonds is 6. The molecule has 0 saturated carbocycles. The van der Waals surface area contributed by atoms with Gasteiger partial charge in [-0.2, -0.15) is 0 Å². The van der Waals surface area contributed by atoms with Gasteiger partial charge in [0.2, 0.25) is 0 Å². The second-order valence-electron chi connectivity index (χ2n) is 11.0. The van der Waals surface area contributed by atoms with E-state index in [2.05, 4.69) is 124 Å². The van der Waals surface area contributed by atoms with Crippen LogP contribution in [0.5, 0.6) is 0 Å². The van der Waals surface area contributed by atoms with E-state index in [0.717, 1.165) is 33.2 Å². The maximum Gasteiger partial charge on any atom is 0.144 e. The van der Waals surface area contributed by atoms with Crippen LogP contribution in [-0.2, 0) is 0 Å². The number of furan rings is 1. The molecule has 0 saturated heterocycles. The predicted octanol–water partition coefficient (Wildman–Crippen LogP) is 10.3. The van der Waals surface area contributed by atoms with Gasteiger partial charge in [-0.15, -0.1) is 0 Å². The van der Waals surface area contributed by atoms with Gasteiger partial charge in [-0.05, 0) is 51.6 Å². The monoisotopic (exact) mass is 535 g/mol. The van der Waals surface area contributed by atoms with E-state index < -0.39 is 8.07 Å². The summed E-state index contributed by atoms with van der Waals surface area (Å²) in [5.41, 5.74) is 6.20.